The number of amides is 3. The number of anilines is 1. The highest BCUT2D eigenvalue weighted by Gasteiger charge is 2.73. The van der Waals surface area contributed by atoms with E-state index in [0.29, 0.717) is 12.1 Å². The topological polar surface area (TPSA) is 125 Å². The van der Waals surface area contributed by atoms with E-state index in [2.05, 4.69) is 5.32 Å². The van der Waals surface area contributed by atoms with Gasteiger partial charge in [0.15, 0.2) is 0 Å². The van der Waals surface area contributed by atoms with Crippen LogP contribution in [0.4, 0.5) is 5.69 Å². The van der Waals surface area contributed by atoms with Crippen LogP contribution >= 0.6 is 0 Å². The molecule has 3 amide bonds. The van der Waals surface area contributed by atoms with Crippen molar-refractivity contribution in [2.75, 3.05) is 31.2 Å². The minimum absolute atomic E-state index is 0.0751. The lowest BCUT2D eigenvalue weighted by atomic mass is 9.74. The Morgan fingerprint density at radius 1 is 1.02 bits per heavy atom. The lowest BCUT2D eigenvalue weighted by molar-refractivity contribution is -0.145. The number of hydrogen-bond acceptors (Lipinski definition) is 7. The third-order valence-corrected chi connectivity index (χ3v) is 9.07. The summed E-state index contributed by atoms with van der Waals surface area (Å²) in [5, 5.41) is 13.0. The maximum atomic E-state index is 14.7. The zero-order valence-electron chi connectivity index (χ0n) is 24.8. The monoisotopic (exact) mass is 599 g/mol. The number of hydrogen-bond donors (Lipinski definition) is 2. The Hall–Kier alpha value is -4.28. The highest BCUT2D eigenvalue weighted by atomic mass is 16.5. The van der Waals surface area contributed by atoms with Gasteiger partial charge >= 0.3 is 5.97 Å². The van der Waals surface area contributed by atoms with Crippen molar-refractivity contribution >= 4 is 29.4 Å². The molecule has 10 nitrogen and oxygen atoms in total. The number of likely N-dealkylation sites (tertiary alicyclic amines) is 1. The Morgan fingerprint density at radius 3 is 2.59 bits per heavy atom. The Labute approximate surface area is 256 Å². The Bertz CT molecular complexity index is 1520. The van der Waals surface area contributed by atoms with Crippen LogP contribution in [0.3, 0.4) is 0 Å². The van der Waals surface area contributed by atoms with Crippen LogP contribution in [-0.2, 0) is 28.7 Å². The minimum Gasteiger partial charge on any atom is -0.463 e. The molecule has 6 atom stereocenters. The number of benzene rings is 2. The summed E-state index contributed by atoms with van der Waals surface area (Å²) in [6, 6.07) is 13.3. The van der Waals surface area contributed by atoms with Gasteiger partial charge < -0.3 is 29.7 Å². The normalized spacial score (nSPS) is 31.2. The average Bonchev–Trinajstić information content (AvgIpc) is 3.66. The fraction of sp³-hybridized carbons (Fsp3) is 0.412. The molecule has 2 aromatic carbocycles. The summed E-state index contributed by atoms with van der Waals surface area (Å²) in [4.78, 5) is 58.5. The van der Waals surface area contributed by atoms with Gasteiger partial charge in [-0.15, -0.1) is 0 Å². The van der Waals surface area contributed by atoms with Crippen LogP contribution in [0.5, 0.6) is 0 Å². The highest BCUT2D eigenvalue weighted by Crippen LogP contribution is 2.55. The summed E-state index contributed by atoms with van der Waals surface area (Å²) in [6.07, 6.45) is 6.99. The molecule has 6 rings (SSSR count). The Morgan fingerprint density at radius 2 is 1.82 bits per heavy atom. The molecule has 0 aliphatic carbocycles. The van der Waals surface area contributed by atoms with E-state index in [4.69, 9.17) is 9.47 Å². The van der Waals surface area contributed by atoms with Gasteiger partial charge in [0.1, 0.15) is 18.2 Å². The number of aliphatic hydroxyl groups excluding tert-OH is 1. The summed E-state index contributed by atoms with van der Waals surface area (Å²) < 4.78 is 12.1. The molecule has 4 aliphatic heterocycles. The summed E-state index contributed by atoms with van der Waals surface area (Å²) in [5.41, 5.74) is 1.89. The van der Waals surface area contributed by atoms with E-state index in [1.807, 2.05) is 74.5 Å². The zero-order valence-corrected chi connectivity index (χ0v) is 24.8. The zero-order chi connectivity index (χ0) is 31.0. The summed E-state index contributed by atoms with van der Waals surface area (Å²) in [6.45, 7) is 3.53. The van der Waals surface area contributed by atoms with Crippen LogP contribution in [0.1, 0.15) is 35.6 Å². The second-order valence-electron chi connectivity index (χ2n) is 11.9. The van der Waals surface area contributed by atoms with Gasteiger partial charge in [-0.05, 0) is 43.0 Å². The SMILES string of the molecule is Cc1ccc(C)c(N2C/C=C\CCC(=O)OC[C@@H](c3ccccc3)NC(=O)[C@@H]3[C@@H]4C=C[C@]5(O4)[C@H](C2=O)N(CCO)C(=O)[C@@H]35)c1. The Balaban J connectivity index is 1.44. The second-order valence-corrected chi connectivity index (χ2v) is 11.9. The number of carbonyl (C=O) groups excluding carboxylic acids is 4. The molecule has 4 heterocycles. The molecule has 2 N–H and O–H groups in total. The minimum atomic E-state index is -1.38. The third kappa shape index (κ3) is 5.11. The molecule has 4 aliphatic rings. The predicted octanol–water partition coefficient (Wildman–Crippen LogP) is 2.53. The van der Waals surface area contributed by atoms with Crippen molar-refractivity contribution in [1.82, 2.24) is 10.2 Å². The maximum Gasteiger partial charge on any atom is 0.306 e. The maximum absolute atomic E-state index is 14.7. The smallest absolute Gasteiger partial charge is 0.306 e. The van der Waals surface area contributed by atoms with Crippen molar-refractivity contribution in [2.24, 2.45) is 11.8 Å². The number of carbonyl (C=O) groups is 4. The number of cyclic esters (lactones) is 1. The van der Waals surface area contributed by atoms with Gasteiger partial charge in [-0.2, -0.15) is 0 Å². The predicted molar refractivity (Wildman–Crippen MR) is 161 cm³/mol. The number of nitrogens with zero attached hydrogens (tertiary/aromatic N) is 2. The first kappa shape index (κ1) is 29.8. The van der Waals surface area contributed by atoms with Crippen molar-refractivity contribution in [3.05, 3.63) is 89.5 Å². The van der Waals surface area contributed by atoms with Crippen LogP contribution in [-0.4, -0.2) is 77.7 Å². The van der Waals surface area contributed by atoms with E-state index < -0.39 is 53.4 Å². The van der Waals surface area contributed by atoms with Crippen molar-refractivity contribution in [1.29, 1.82) is 0 Å². The van der Waals surface area contributed by atoms with Gasteiger partial charge in [0, 0.05) is 25.2 Å². The van der Waals surface area contributed by atoms with E-state index in [9.17, 15) is 24.3 Å². The van der Waals surface area contributed by atoms with E-state index in [-0.39, 0.29) is 38.6 Å². The van der Waals surface area contributed by atoms with Gasteiger partial charge in [-0.1, -0.05) is 66.8 Å². The average molecular weight is 600 g/mol. The standard InChI is InChI=1S/C34H37N3O7/c1-21-12-13-22(2)25(19-21)36-16-8-4-7-11-27(39)43-20-24(23-9-5-3-6-10-23)35-31(40)28-26-14-15-34(44-26)29(28)32(41)37(17-18-38)30(34)33(36)42/h3-6,8-10,12-15,19,24,26,28-30,38H,7,11,16-18,20H2,1-2H3,(H,35,40)/b8-4-/t24-,26-,28+,29+,30-,34+/m0/s1. The van der Waals surface area contributed by atoms with Crippen LogP contribution in [0.2, 0.25) is 0 Å². The number of fused-ring (bicyclic) bond motifs is 2. The van der Waals surface area contributed by atoms with Crippen molar-refractivity contribution in [3.63, 3.8) is 0 Å². The second kappa shape index (κ2) is 12.0. The molecular weight excluding hydrogens is 562 g/mol. The molecule has 0 aromatic heterocycles. The molecule has 230 valence electrons. The molecule has 0 radical (unpaired) electrons. The highest BCUT2D eigenvalue weighted by molar-refractivity contribution is 6.06. The largest absolute Gasteiger partial charge is 0.463 e. The first-order valence-electron chi connectivity index (χ1n) is 15.1. The molecule has 2 saturated heterocycles. The molecular formula is C34H37N3O7. The number of allylic oxidation sites excluding steroid dienone is 1. The molecule has 5 bridgehead atoms. The molecule has 2 fully saturated rings. The van der Waals surface area contributed by atoms with Gasteiger partial charge in [0.05, 0.1) is 30.6 Å². The van der Waals surface area contributed by atoms with E-state index >= 15 is 0 Å². The molecule has 44 heavy (non-hydrogen) atoms. The van der Waals surface area contributed by atoms with E-state index in [1.54, 1.807) is 17.1 Å². The third-order valence-electron chi connectivity index (χ3n) is 9.07. The first-order chi connectivity index (χ1) is 21.2. The van der Waals surface area contributed by atoms with Crippen molar-refractivity contribution < 1.29 is 33.8 Å². The van der Waals surface area contributed by atoms with Gasteiger partial charge in [0.2, 0.25) is 11.8 Å². The molecule has 1 spiro atoms. The van der Waals surface area contributed by atoms with Gasteiger partial charge in [-0.3, -0.25) is 19.2 Å². The molecule has 0 unspecified atom stereocenters. The fourth-order valence-electron chi connectivity index (χ4n) is 6.98. The summed E-state index contributed by atoms with van der Waals surface area (Å²) in [5.74, 6) is -3.51. The number of aliphatic hydroxyl groups is 1. The number of rotatable bonds is 4. The van der Waals surface area contributed by atoms with Crippen molar-refractivity contribution in [3.8, 4) is 0 Å². The summed E-state index contributed by atoms with van der Waals surface area (Å²) in [7, 11) is 0. The fourth-order valence-corrected chi connectivity index (χ4v) is 6.98. The van der Waals surface area contributed by atoms with Crippen LogP contribution in [0, 0.1) is 25.7 Å². The quantitative estimate of drug-likeness (QED) is 0.409. The van der Waals surface area contributed by atoms with E-state index in [1.165, 1.54) is 4.90 Å². The van der Waals surface area contributed by atoms with Crippen LogP contribution in [0.15, 0.2) is 72.8 Å². The van der Waals surface area contributed by atoms with Crippen molar-refractivity contribution in [2.45, 2.75) is 50.5 Å². The molecule has 2 aromatic rings. The van der Waals surface area contributed by atoms with Crippen LogP contribution in [0.25, 0.3) is 0 Å². The number of esters is 1. The molecule has 10 heteroatoms. The van der Waals surface area contributed by atoms with E-state index in [0.717, 1.165) is 16.7 Å². The number of nitrogens with one attached hydrogen (secondary N) is 1. The lowest BCUT2D eigenvalue weighted by Gasteiger charge is -2.36. The van der Waals surface area contributed by atoms with Gasteiger partial charge in [0.25, 0.3) is 5.91 Å². The first-order valence-corrected chi connectivity index (χ1v) is 15.1. The molecule has 0 saturated carbocycles. The number of aryl methyl sites for hydroxylation is 2. The number of ether oxygens (including phenoxy) is 2. The summed E-state index contributed by atoms with van der Waals surface area (Å²) >= 11 is 0. The Kier molecular flexibility index (Phi) is 8.13. The lowest BCUT2D eigenvalue weighted by Crippen LogP contribution is -2.56. The van der Waals surface area contributed by atoms with Crippen LogP contribution < -0.4 is 10.2 Å². The number of β-amino-alcohol motifs (C(OH)–C–C–N with tert-alkyl or cyclic N) is 1. The van der Waals surface area contributed by atoms with Gasteiger partial charge in [-0.25, -0.2) is 0 Å².